The summed E-state index contributed by atoms with van der Waals surface area (Å²) in [4.78, 5) is 4.78. The molecule has 4 aromatic heterocycles. The number of thiophene rings is 1. The van der Waals surface area contributed by atoms with Crippen molar-refractivity contribution in [2.75, 3.05) is 0 Å². The van der Waals surface area contributed by atoms with Gasteiger partial charge in [-0.3, -0.25) is 4.98 Å². The highest BCUT2D eigenvalue weighted by Gasteiger charge is 2.17. The lowest BCUT2D eigenvalue weighted by atomic mass is 9.99. The minimum Gasteiger partial charge on any atom is -0.309 e. The second-order valence-electron chi connectivity index (χ2n) is 13.2. The first kappa shape index (κ1) is 28.4. The molecule has 11 rings (SSSR count). The van der Waals surface area contributed by atoms with Gasteiger partial charge in [-0.25, -0.2) is 0 Å². The molecule has 4 heteroatoms. The summed E-state index contributed by atoms with van der Waals surface area (Å²) >= 11 is 1.82. The minimum absolute atomic E-state index is 1.08. The molecule has 0 aliphatic rings. The molecule has 0 N–H and O–H groups in total. The average molecular weight is 668 g/mol. The minimum atomic E-state index is 1.08. The van der Waals surface area contributed by atoms with Crippen LogP contribution in [-0.4, -0.2) is 14.1 Å². The fraction of sp³-hybridized carbons (Fsp3) is 0. The van der Waals surface area contributed by atoms with Gasteiger partial charge in [0.15, 0.2) is 0 Å². The van der Waals surface area contributed by atoms with Crippen LogP contribution < -0.4 is 0 Å². The Morgan fingerprint density at radius 3 is 1.67 bits per heavy atom. The van der Waals surface area contributed by atoms with Crippen molar-refractivity contribution >= 4 is 75.3 Å². The second kappa shape index (κ2) is 11.0. The van der Waals surface area contributed by atoms with Crippen LogP contribution in [-0.2, 0) is 0 Å². The first-order valence-electron chi connectivity index (χ1n) is 17.3. The van der Waals surface area contributed by atoms with Crippen molar-refractivity contribution in [2.24, 2.45) is 0 Å². The van der Waals surface area contributed by atoms with E-state index in [2.05, 4.69) is 179 Å². The number of fused-ring (bicyclic) bond motifs is 9. The molecule has 4 heterocycles. The summed E-state index contributed by atoms with van der Waals surface area (Å²) in [6.45, 7) is 0. The first-order chi connectivity index (χ1) is 25.3. The molecule has 3 nitrogen and oxygen atoms in total. The Kier molecular flexibility index (Phi) is 6.12. The molecule has 0 saturated carbocycles. The summed E-state index contributed by atoms with van der Waals surface area (Å²) in [6, 6.07) is 61.7. The molecule has 51 heavy (non-hydrogen) atoms. The standard InChI is InChI=1S/C47H29N3S/c1-5-19-41-36(15-1)37-16-2-6-20-42(37)50(41)34-23-24-44-40(29-34)38-17-3-7-21-43(38)49(44)33-14-10-12-31(28-33)30-11-9-13-32(27-30)35-25-26-48-46-39-18-4-8-22-45(39)51-47(35)46/h1-29H. The predicted molar refractivity (Wildman–Crippen MR) is 217 cm³/mol. The van der Waals surface area contributed by atoms with E-state index in [0.717, 1.165) is 16.9 Å². The van der Waals surface area contributed by atoms with Gasteiger partial charge in [-0.1, -0.05) is 103 Å². The quantitative estimate of drug-likeness (QED) is 0.183. The van der Waals surface area contributed by atoms with E-state index >= 15 is 0 Å². The molecular weight excluding hydrogens is 639 g/mol. The van der Waals surface area contributed by atoms with Gasteiger partial charge in [0.25, 0.3) is 0 Å². The smallest absolute Gasteiger partial charge is 0.0894 e. The molecule has 0 saturated heterocycles. The Morgan fingerprint density at radius 1 is 0.392 bits per heavy atom. The van der Waals surface area contributed by atoms with E-state index in [4.69, 9.17) is 4.98 Å². The van der Waals surface area contributed by atoms with Gasteiger partial charge in [0.05, 0.1) is 32.3 Å². The molecule has 11 aromatic rings. The van der Waals surface area contributed by atoms with Gasteiger partial charge >= 0.3 is 0 Å². The number of hydrogen-bond donors (Lipinski definition) is 0. The topological polar surface area (TPSA) is 22.8 Å². The van der Waals surface area contributed by atoms with Crippen molar-refractivity contribution in [3.8, 4) is 33.6 Å². The predicted octanol–water partition coefficient (Wildman–Crippen LogP) is 13.0. The highest BCUT2D eigenvalue weighted by Crippen LogP contribution is 2.41. The van der Waals surface area contributed by atoms with Crippen molar-refractivity contribution in [1.29, 1.82) is 0 Å². The lowest BCUT2D eigenvalue weighted by molar-refractivity contribution is 1.17. The number of pyridine rings is 1. The van der Waals surface area contributed by atoms with Crippen LogP contribution in [0.15, 0.2) is 176 Å². The number of hydrogen-bond acceptors (Lipinski definition) is 2. The lowest BCUT2D eigenvalue weighted by Gasteiger charge is -2.12. The van der Waals surface area contributed by atoms with Crippen molar-refractivity contribution in [3.63, 3.8) is 0 Å². The zero-order chi connectivity index (χ0) is 33.5. The first-order valence-corrected chi connectivity index (χ1v) is 18.1. The maximum absolute atomic E-state index is 4.78. The Labute approximate surface area is 297 Å². The lowest BCUT2D eigenvalue weighted by Crippen LogP contribution is -1.96. The van der Waals surface area contributed by atoms with Crippen LogP contribution in [0, 0.1) is 0 Å². The molecule has 0 amide bonds. The Balaban J connectivity index is 1.06. The molecule has 0 radical (unpaired) electrons. The second-order valence-corrected chi connectivity index (χ2v) is 14.2. The zero-order valence-electron chi connectivity index (χ0n) is 27.5. The molecule has 7 aromatic carbocycles. The maximum atomic E-state index is 4.78. The molecule has 0 aliphatic heterocycles. The molecule has 0 atom stereocenters. The molecule has 0 aliphatic carbocycles. The summed E-state index contributed by atoms with van der Waals surface area (Å²) in [5.41, 5.74) is 13.0. The molecule has 0 unspecified atom stereocenters. The third-order valence-corrected chi connectivity index (χ3v) is 11.6. The van der Waals surface area contributed by atoms with Crippen LogP contribution in [0.2, 0.25) is 0 Å². The third kappa shape index (κ3) is 4.27. The van der Waals surface area contributed by atoms with Gasteiger partial charge in [-0.2, -0.15) is 0 Å². The summed E-state index contributed by atoms with van der Waals surface area (Å²) in [5, 5.41) is 6.24. The Hall–Kier alpha value is -6.49. The van der Waals surface area contributed by atoms with Crippen molar-refractivity contribution in [3.05, 3.63) is 176 Å². The van der Waals surface area contributed by atoms with Crippen LogP contribution in [0.3, 0.4) is 0 Å². The number of nitrogens with zero attached hydrogens (tertiary/aromatic N) is 3. The van der Waals surface area contributed by atoms with E-state index in [1.165, 1.54) is 80.7 Å². The zero-order valence-corrected chi connectivity index (χ0v) is 28.3. The third-order valence-electron chi connectivity index (χ3n) is 10.4. The monoisotopic (exact) mass is 667 g/mol. The van der Waals surface area contributed by atoms with Gasteiger partial charge in [0.2, 0.25) is 0 Å². The normalized spacial score (nSPS) is 11.9. The number of rotatable bonds is 4. The Morgan fingerprint density at radius 2 is 0.941 bits per heavy atom. The van der Waals surface area contributed by atoms with Crippen molar-refractivity contribution in [2.45, 2.75) is 0 Å². The summed E-state index contributed by atoms with van der Waals surface area (Å²) < 4.78 is 7.32. The van der Waals surface area contributed by atoms with Gasteiger partial charge in [-0.05, 0) is 83.4 Å². The van der Waals surface area contributed by atoms with Gasteiger partial charge < -0.3 is 9.13 Å². The van der Waals surface area contributed by atoms with Gasteiger partial charge in [0.1, 0.15) is 0 Å². The number of aromatic nitrogens is 3. The van der Waals surface area contributed by atoms with E-state index in [1.807, 2.05) is 17.5 Å². The number of benzene rings is 7. The fourth-order valence-electron chi connectivity index (χ4n) is 8.10. The van der Waals surface area contributed by atoms with Crippen LogP contribution in [0.1, 0.15) is 0 Å². The van der Waals surface area contributed by atoms with Crippen molar-refractivity contribution in [1.82, 2.24) is 14.1 Å². The highest BCUT2D eigenvalue weighted by molar-refractivity contribution is 7.26. The highest BCUT2D eigenvalue weighted by atomic mass is 32.1. The van der Waals surface area contributed by atoms with E-state index in [9.17, 15) is 0 Å². The van der Waals surface area contributed by atoms with Crippen LogP contribution in [0.25, 0.3) is 97.5 Å². The van der Waals surface area contributed by atoms with Gasteiger partial charge in [-0.15, -0.1) is 11.3 Å². The van der Waals surface area contributed by atoms with E-state index in [-0.39, 0.29) is 0 Å². The Bertz CT molecular complexity index is 3100. The van der Waals surface area contributed by atoms with E-state index in [0.29, 0.717) is 0 Å². The summed E-state index contributed by atoms with van der Waals surface area (Å²) in [7, 11) is 0. The van der Waals surface area contributed by atoms with Crippen LogP contribution in [0.4, 0.5) is 0 Å². The van der Waals surface area contributed by atoms with E-state index in [1.54, 1.807) is 0 Å². The van der Waals surface area contributed by atoms with Crippen LogP contribution >= 0.6 is 11.3 Å². The molecule has 238 valence electrons. The fourth-order valence-corrected chi connectivity index (χ4v) is 9.30. The average Bonchev–Trinajstić information content (AvgIpc) is 3.86. The SMILES string of the molecule is c1cc(-c2cccc(-n3c4ccccc4c4cc(-n5c6ccccc6c6ccccc65)ccc43)c2)cc(-c2ccnc3c2sc2ccccc23)c1. The number of para-hydroxylation sites is 3. The summed E-state index contributed by atoms with van der Waals surface area (Å²) in [5.74, 6) is 0. The summed E-state index contributed by atoms with van der Waals surface area (Å²) in [6.07, 6.45) is 1.94. The molecule has 0 fully saturated rings. The maximum Gasteiger partial charge on any atom is 0.0894 e. The molecular formula is C47H29N3S. The largest absolute Gasteiger partial charge is 0.309 e. The van der Waals surface area contributed by atoms with E-state index < -0.39 is 0 Å². The van der Waals surface area contributed by atoms with Crippen LogP contribution in [0.5, 0.6) is 0 Å². The van der Waals surface area contributed by atoms with Gasteiger partial charge in [0, 0.05) is 54.8 Å². The molecule has 0 spiro atoms. The molecule has 0 bridgehead atoms. The van der Waals surface area contributed by atoms with Crippen molar-refractivity contribution < 1.29 is 0 Å².